The average Bonchev–Trinajstić information content (AvgIpc) is 3.08. The van der Waals surface area contributed by atoms with Crippen LogP contribution in [0.15, 0.2) is 34.3 Å². The van der Waals surface area contributed by atoms with Crippen LogP contribution in [0.1, 0.15) is 147 Å². The Morgan fingerprint density at radius 2 is 1.27 bits per heavy atom. The summed E-state index contributed by atoms with van der Waals surface area (Å²) in [6.45, 7) is 25.4. The zero-order valence-electron chi connectivity index (χ0n) is 35.8. The molecule has 0 bridgehead atoms. The fourth-order valence-electron chi connectivity index (χ4n) is 8.07. The number of aromatic hydroxyl groups is 2. The molecule has 2 unspecified atom stereocenters. The summed E-state index contributed by atoms with van der Waals surface area (Å²) < 4.78 is 2.45. The van der Waals surface area contributed by atoms with Gasteiger partial charge < -0.3 is 20.4 Å². The van der Waals surface area contributed by atoms with Crippen LogP contribution >= 0.6 is 0 Å². The van der Waals surface area contributed by atoms with Crippen LogP contribution in [0.3, 0.4) is 0 Å². The van der Waals surface area contributed by atoms with Crippen LogP contribution in [0.25, 0.3) is 0 Å². The van der Waals surface area contributed by atoms with Crippen molar-refractivity contribution >= 4 is 24.5 Å². The Balaban J connectivity index is 0.00000160. The quantitative estimate of drug-likeness (QED) is 0.113. The predicted octanol–water partition coefficient (Wildman–Crippen LogP) is 8.79. The minimum Gasteiger partial charge on any atom is -0.507 e. The van der Waals surface area contributed by atoms with Crippen molar-refractivity contribution in [1.82, 2.24) is 9.80 Å². The molecule has 1 saturated carbocycles. The molecule has 10 nitrogen and oxygen atoms in total. The predicted molar refractivity (Wildman–Crippen MR) is 226 cm³/mol. The molecular weight excluding hydrogens is 749 g/mol. The van der Waals surface area contributed by atoms with Gasteiger partial charge in [-0.05, 0) is 71.6 Å². The summed E-state index contributed by atoms with van der Waals surface area (Å²) in [5.74, 6) is 2.10. The molecule has 11 heteroatoms. The first-order chi connectivity index (χ1) is 25.7. The maximum Gasteiger partial charge on any atom is 0.503 e. The van der Waals surface area contributed by atoms with E-state index in [0.29, 0.717) is 11.5 Å². The summed E-state index contributed by atoms with van der Waals surface area (Å²) in [5, 5.41) is 36.8. The van der Waals surface area contributed by atoms with Gasteiger partial charge in [-0.3, -0.25) is 24.4 Å². The van der Waals surface area contributed by atoms with Gasteiger partial charge in [0.15, 0.2) is 0 Å². The number of benzene rings is 2. The van der Waals surface area contributed by atoms with E-state index in [0.717, 1.165) is 86.8 Å². The summed E-state index contributed by atoms with van der Waals surface area (Å²) in [5.41, 5.74) is 5.57. The molecule has 2 aromatic rings. The average molecular weight is 820 g/mol. The Morgan fingerprint density at radius 3 is 1.80 bits per heavy atom. The molecule has 0 amide bonds. The standard InChI is InChI=1S/C44H67N5O2.CH2O3.Co/c1-42(2,3)34-27-33(40(51)36(28-34)44(7,8)9)30-46-38-19-12-11-18-37(38)45-29-32-25-31(26-35(39(32)50)43(4,5)6)17-13-14-21-48-23-16-24-49-22-15-20-47(10)41(48)49;2-1(3)4;/h25-30,37-38H,11-24H2,1-10H3,(H-,45,46,50,51);(H2,2,3,4);/p+1. The number of fused-ring (bicyclic) bond motifs is 1. The first-order valence-electron chi connectivity index (χ1n) is 20.5. The molecule has 5 rings (SSSR count). The van der Waals surface area contributed by atoms with Crippen molar-refractivity contribution in [3.63, 3.8) is 0 Å². The normalized spacial score (nSPS) is 19.5. The Bertz CT molecular complexity index is 1730. The third-order valence-corrected chi connectivity index (χ3v) is 11.2. The van der Waals surface area contributed by atoms with Gasteiger partial charge in [0.1, 0.15) is 11.5 Å². The number of carboxylic acid groups (broad SMARTS) is 2. The number of hydrogen-bond acceptors (Lipinski definition) is 7. The number of nitrogens with zero attached hydrogens (tertiary/aromatic N) is 5. The van der Waals surface area contributed by atoms with Crippen molar-refractivity contribution in [2.45, 2.75) is 148 Å². The van der Waals surface area contributed by atoms with Gasteiger partial charge in [-0.1, -0.05) is 87.3 Å². The summed E-state index contributed by atoms with van der Waals surface area (Å²) in [6.07, 6.45) is 11.9. The SMILES string of the molecule is C[N+]1=C2N(CCCCc3cc(C=NC4CCCCC4N=Cc4cc(C(C)(C)C)cc(C(C)(C)C)c4O)c(O)c(C(C)(C)C)c3)CCCN2CCC1.O=C(O)O.[Co]. The molecule has 0 spiro atoms. The van der Waals surface area contributed by atoms with Crippen LogP contribution in [0.4, 0.5) is 4.79 Å². The number of rotatable bonds is 9. The zero-order valence-corrected chi connectivity index (χ0v) is 36.8. The smallest absolute Gasteiger partial charge is 0.503 e. The van der Waals surface area contributed by atoms with Crippen LogP contribution in [0.5, 0.6) is 11.5 Å². The molecule has 2 atom stereocenters. The second-order valence-corrected chi connectivity index (χ2v) is 18.9. The number of aliphatic imine (C=N–C) groups is 2. The first kappa shape index (κ1) is 46.8. The molecule has 1 radical (unpaired) electrons. The number of guanidine groups is 1. The van der Waals surface area contributed by atoms with Gasteiger partial charge in [0.2, 0.25) is 0 Å². The summed E-state index contributed by atoms with van der Waals surface area (Å²) >= 11 is 0. The van der Waals surface area contributed by atoms with Crippen LogP contribution in [0.2, 0.25) is 0 Å². The number of carbonyl (C=O) groups is 1. The van der Waals surface area contributed by atoms with E-state index >= 15 is 0 Å². The van der Waals surface area contributed by atoms with Gasteiger partial charge in [-0.15, -0.1) is 0 Å². The van der Waals surface area contributed by atoms with Crippen LogP contribution < -0.4 is 0 Å². The van der Waals surface area contributed by atoms with Crippen molar-refractivity contribution in [2.24, 2.45) is 9.98 Å². The molecule has 2 aliphatic heterocycles. The molecule has 56 heavy (non-hydrogen) atoms. The van der Waals surface area contributed by atoms with Crippen molar-refractivity contribution in [3.8, 4) is 11.5 Å². The van der Waals surface area contributed by atoms with Gasteiger partial charge in [0.25, 0.3) is 0 Å². The summed E-state index contributed by atoms with van der Waals surface area (Å²) in [6, 6.07) is 8.70. The molecule has 1 aliphatic carbocycles. The van der Waals surface area contributed by atoms with E-state index in [2.05, 4.69) is 108 Å². The molecule has 2 fully saturated rings. The molecular formula is C45H70CoN5O5+. The van der Waals surface area contributed by atoms with E-state index in [1.165, 1.54) is 43.0 Å². The zero-order chi connectivity index (χ0) is 40.7. The van der Waals surface area contributed by atoms with Crippen molar-refractivity contribution < 1.29 is 46.6 Å². The van der Waals surface area contributed by atoms with Crippen LogP contribution in [-0.2, 0) is 39.4 Å². The summed E-state index contributed by atoms with van der Waals surface area (Å²) in [7, 11) is 2.24. The van der Waals surface area contributed by atoms with Crippen molar-refractivity contribution in [1.29, 1.82) is 0 Å². The monoisotopic (exact) mass is 819 g/mol. The Hall–Kier alpha value is -3.57. The largest absolute Gasteiger partial charge is 0.507 e. The van der Waals surface area contributed by atoms with Crippen molar-refractivity contribution in [2.75, 3.05) is 39.8 Å². The topological polar surface area (TPSA) is 132 Å². The van der Waals surface area contributed by atoms with Crippen molar-refractivity contribution in [3.05, 3.63) is 57.6 Å². The minimum absolute atomic E-state index is 0. The van der Waals surface area contributed by atoms with Crippen LogP contribution in [0, 0.1) is 0 Å². The van der Waals surface area contributed by atoms with E-state index in [1.54, 1.807) is 0 Å². The maximum absolute atomic E-state index is 11.5. The Morgan fingerprint density at radius 1 is 0.750 bits per heavy atom. The van der Waals surface area contributed by atoms with Gasteiger partial charge in [0, 0.05) is 64.3 Å². The van der Waals surface area contributed by atoms with Gasteiger partial charge in [-0.25, -0.2) is 4.79 Å². The van der Waals surface area contributed by atoms with Gasteiger partial charge in [-0.2, -0.15) is 0 Å². The number of aryl methyl sites for hydroxylation is 1. The van der Waals surface area contributed by atoms with Crippen LogP contribution in [-0.4, -0.2) is 111 Å². The number of hydrogen-bond donors (Lipinski definition) is 4. The van der Waals surface area contributed by atoms with E-state index in [9.17, 15) is 10.2 Å². The Kier molecular flexibility index (Phi) is 16.5. The fourth-order valence-corrected chi connectivity index (χ4v) is 8.07. The van der Waals surface area contributed by atoms with Gasteiger partial charge in [0.05, 0.1) is 51.9 Å². The second-order valence-electron chi connectivity index (χ2n) is 18.9. The molecule has 1 saturated heterocycles. The fraction of sp³-hybridized carbons (Fsp3) is 0.644. The van der Waals surface area contributed by atoms with E-state index in [4.69, 9.17) is 25.0 Å². The van der Waals surface area contributed by atoms with Gasteiger partial charge >= 0.3 is 12.1 Å². The third kappa shape index (κ3) is 12.7. The molecule has 0 aromatic heterocycles. The maximum atomic E-state index is 11.5. The second kappa shape index (κ2) is 19.7. The minimum atomic E-state index is -1.83. The third-order valence-electron chi connectivity index (χ3n) is 11.2. The number of phenols is 2. The molecule has 3 aliphatic rings. The number of phenolic OH excluding ortho intramolecular Hbond substituents is 2. The number of unbranched alkanes of at least 4 members (excludes halogenated alkanes) is 1. The molecule has 2 heterocycles. The first-order valence-corrected chi connectivity index (χ1v) is 20.5. The Labute approximate surface area is 347 Å². The van der Waals surface area contributed by atoms with E-state index in [1.807, 2.05) is 12.4 Å². The molecule has 2 aromatic carbocycles. The molecule has 4 N–H and O–H groups in total. The summed E-state index contributed by atoms with van der Waals surface area (Å²) in [4.78, 5) is 24.0. The van der Waals surface area contributed by atoms with E-state index in [-0.39, 0.29) is 45.1 Å². The molecule has 313 valence electrons. The van der Waals surface area contributed by atoms with E-state index < -0.39 is 6.16 Å².